The number of halogens is 4. The number of amides is 1. The van der Waals surface area contributed by atoms with Crippen LogP contribution in [-0.2, 0) is 11.0 Å². The van der Waals surface area contributed by atoms with Crippen molar-refractivity contribution in [2.45, 2.75) is 24.7 Å². The molecule has 1 heterocycles. The number of hydrogen-bond acceptors (Lipinski definition) is 4. The molecule has 1 aromatic rings. The fourth-order valence-corrected chi connectivity index (χ4v) is 2.20. The van der Waals surface area contributed by atoms with E-state index in [0.29, 0.717) is 13.0 Å². The fourth-order valence-electron chi connectivity index (χ4n) is 2.20. The molecule has 1 fully saturated rings. The Hall–Kier alpha value is -1.51. The molecule has 2 atom stereocenters. The van der Waals surface area contributed by atoms with Crippen molar-refractivity contribution in [3.05, 3.63) is 29.8 Å². The number of carbonyl (C=O) groups excluding carboxylic acids is 1. The minimum absolute atomic E-state index is 0. The molecule has 130 valence electrons. The Morgan fingerprint density at radius 3 is 2.70 bits per heavy atom. The van der Waals surface area contributed by atoms with E-state index in [1.54, 1.807) is 0 Å². The van der Waals surface area contributed by atoms with Gasteiger partial charge in [0.2, 0.25) is 5.91 Å². The fraction of sp³-hybridized carbons (Fsp3) is 0.500. The molecule has 1 aliphatic heterocycles. The van der Waals surface area contributed by atoms with Crippen LogP contribution in [0.15, 0.2) is 24.3 Å². The number of carbonyl (C=O) groups is 1. The van der Waals surface area contributed by atoms with Gasteiger partial charge in [-0.1, -0.05) is 12.1 Å². The molecule has 9 heteroatoms. The molecule has 23 heavy (non-hydrogen) atoms. The molecule has 0 aromatic heterocycles. The molecule has 0 saturated carbocycles. The van der Waals surface area contributed by atoms with Crippen LogP contribution in [0.3, 0.4) is 0 Å². The van der Waals surface area contributed by atoms with Crippen molar-refractivity contribution >= 4 is 18.3 Å². The van der Waals surface area contributed by atoms with E-state index in [1.807, 2.05) is 0 Å². The zero-order valence-electron chi connectivity index (χ0n) is 12.1. The van der Waals surface area contributed by atoms with Crippen LogP contribution in [-0.4, -0.2) is 42.9 Å². The third kappa shape index (κ3) is 5.56. The summed E-state index contributed by atoms with van der Waals surface area (Å²) in [6.07, 6.45) is -4.71. The average molecular weight is 355 g/mol. The summed E-state index contributed by atoms with van der Waals surface area (Å²) in [7, 11) is 0. The summed E-state index contributed by atoms with van der Waals surface area (Å²) >= 11 is 0. The van der Waals surface area contributed by atoms with E-state index >= 15 is 0 Å². The van der Waals surface area contributed by atoms with Gasteiger partial charge >= 0.3 is 6.18 Å². The highest BCUT2D eigenvalue weighted by Crippen LogP contribution is 2.35. The molecular weight excluding hydrogens is 337 g/mol. The molecule has 0 radical (unpaired) electrons. The quantitative estimate of drug-likeness (QED) is 0.698. The van der Waals surface area contributed by atoms with Gasteiger partial charge in [0.25, 0.3) is 0 Å². The molecule has 2 rings (SSSR count). The van der Waals surface area contributed by atoms with Gasteiger partial charge in [-0.3, -0.25) is 4.79 Å². The monoisotopic (exact) mass is 354 g/mol. The van der Waals surface area contributed by atoms with Crippen LogP contribution in [0, 0.1) is 0 Å². The highest BCUT2D eigenvalue weighted by Gasteiger charge is 2.34. The van der Waals surface area contributed by atoms with Gasteiger partial charge in [-0.25, -0.2) is 0 Å². The second kappa shape index (κ2) is 8.37. The number of ether oxygens (including phenoxy) is 1. The summed E-state index contributed by atoms with van der Waals surface area (Å²) in [5, 5.41) is 14.7. The van der Waals surface area contributed by atoms with Gasteiger partial charge in [0.15, 0.2) is 0 Å². The largest absolute Gasteiger partial charge is 0.491 e. The lowest BCUT2D eigenvalue weighted by molar-refractivity contribution is -0.139. The summed E-state index contributed by atoms with van der Waals surface area (Å²) in [6, 6.07) is 4.44. The zero-order chi connectivity index (χ0) is 16.2. The first-order valence-corrected chi connectivity index (χ1v) is 6.86. The first kappa shape index (κ1) is 19.5. The van der Waals surface area contributed by atoms with E-state index < -0.39 is 23.9 Å². The minimum atomic E-state index is -4.48. The van der Waals surface area contributed by atoms with Crippen molar-refractivity contribution < 1.29 is 27.8 Å². The summed E-state index contributed by atoms with van der Waals surface area (Å²) in [5.74, 6) is -0.567. The maximum atomic E-state index is 12.7. The number of nitrogens with one attached hydrogen (secondary N) is 2. The van der Waals surface area contributed by atoms with E-state index in [4.69, 9.17) is 4.74 Å². The Bertz CT molecular complexity index is 528. The predicted octanol–water partition coefficient (Wildman–Crippen LogP) is 1.34. The van der Waals surface area contributed by atoms with Gasteiger partial charge in [-0.05, 0) is 18.6 Å². The van der Waals surface area contributed by atoms with Crippen molar-refractivity contribution in [2.75, 3.05) is 19.7 Å². The lowest BCUT2D eigenvalue weighted by Gasteiger charge is -2.15. The Balaban J connectivity index is 0.00000264. The van der Waals surface area contributed by atoms with Crippen molar-refractivity contribution in [2.24, 2.45) is 0 Å². The lowest BCUT2D eigenvalue weighted by atomic mass is 10.2. The summed E-state index contributed by atoms with van der Waals surface area (Å²) in [5.41, 5.74) is -0.845. The smallest absolute Gasteiger partial charge is 0.419 e. The number of benzene rings is 1. The average Bonchev–Trinajstić information content (AvgIpc) is 2.89. The number of aliphatic hydroxyl groups is 1. The summed E-state index contributed by atoms with van der Waals surface area (Å²) in [6.45, 7) is 0.362. The molecule has 0 aliphatic carbocycles. The first-order valence-electron chi connectivity index (χ1n) is 6.86. The lowest BCUT2D eigenvalue weighted by Crippen LogP contribution is -2.41. The molecule has 1 saturated heterocycles. The van der Waals surface area contributed by atoms with Crippen molar-refractivity contribution in [1.82, 2.24) is 10.6 Å². The van der Waals surface area contributed by atoms with Crippen molar-refractivity contribution in [1.29, 1.82) is 0 Å². The third-order valence-corrected chi connectivity index (χ3v) is 3.28. The number of rotatable bonds is 5. The Morgan fingerprint density at radius 2 is 2.09 bits per heavy atom. The van der Waals surface area contributed by atoms with E-state index in [9.17, 15) is 23.1 Å². The van der Waals surface area contributed by atoms with Gasteiger partial charge in [0, 0.05) is 6.54 Å². The highest BCUT2D eigenvalue weighted by molar-refractivity contribution is 5.85. The van der Waals surface area contributed by atoms with E-state index in [-0.39, 0.29) is 37.2 Å². The van der Waals surface area contributed by atoms with E-state index in [1.165, 1.54) is 18.2 Å². The summed E-state index contributed by atoms with van der Waals surface area (Å²) in [4.78, 5) is 11.7. The van der Waals surface area contributed by atoms with E-state index in [2.05, 4.69) is 10.6 Å². The Morgan fingerprint density at radius 1 is 1.39 bits per heavy atom. The van der Waals surface area contributed by atoms with Gasteiger partial charge in [-0.2, -0.15) is 13.2 Å². The highest BCUT2D eigenvalue weighted by atomic mass is 35.5. The SMILES string of the molecule is Cl.O=C(NCCOc1ccccc1C(F)(F)F)C1CC(O)CN1. The van der Waals surface area contributed by atoms with Crippen LogP contribution in [0.1, 0.15) is 12.0 Å². The number of hydrogen-bond donors (Lipinski definition) is 3. The van der Waals surface area contributed by atoms with Gasteiger partial charge < -0.3 is 20.5 Å². The molecule has 1 aliphatic rings. The second-order valence-electron chi connectivity index (χ2n) is 4.98. The van der Waals surface area contributed by atoms with E-state index in [0.717, 1.165) is 6.07 Å². The topological polar surface area (TPSA) is 70.6 Å². The number of β-amino-alcohol motifs (C(OH)–C–C–N with tert-alkyl or cyclic N) is 1. The van der Waals surface area contributed by atoms with Gasteiger partial charge in [0.1, 0.15) is 12.4 Å². The van der Waals surface area contributed by atoms with Gasteiger partial charge in [0.05, 0.1) is 24.3 Å². The van der Waals surface area contributed by atoms with Crippen LogP contribution in [0.4, 0.5) is 13.2 Å². The zero-order valence-corrected chi connectivity index (χ0v) is 12.9. The molecule has 1 amide bonds. The summed E-state index contributed by atoms with van der Waals surface area (Å²) < 4.78 is 43.3. The van der Waals surface area contributed by atoms with Crippen molar-refractivity contribution in [3.8, 4) is 5.75 Å². The predicted molar refractivity (Wildman–Crippen MR) is 79.6 cm³/mol. The van der Waals surface area contributed by atoms with Crippen LogP contribution >= 0.6 is 12.4 Å². The van der Waals surface area contributed by atoms with Crippen LogP contribution in [0.25, 0.3) is 0 Å². The first-order chi connectivity index (χ1) is 10.4. The minimum Gasteiger partial charge on any atom is -0.491 e. The molecule has 2 unspecified atom stereocenters. The standard InChI is InChI=1S/C14H17F3N2O3.ClH/c15-14(16,17)10-3-1-2-4-12(10)22-6-5-18-13(21)11-7-9(20)8-19-11;/h1-4,9,11,19-20H,5-8H2,(H,18,21);1H. The molecule has 0 spiro atoms. The molecular formula is C14H18ClF3N2O3. The van der Waals surface area contributed by atoms with Gasteiger partial charge in [-0.15, -0.1) is 12.4 Å². The number of para-hydroxylation sites is 1. The number of alkyl halides is 3. The number of aliphatic hydroxyl groups excluding tert-OH is 1. The maximum absolute atomic E-state index is 12.7. The third-order valence-electron chi connectivity index (χ3n) is 3.28. The molecule has 3 N–H and O–H groups in total. The molecule has 0 bridgehead atoms. The maximum Gasteiger partial charge on any atom is 0.419 e. The molecule has 5 nitrogen and oxygen atoms in total. The second-order valence-corrected chi connectivity index (χ2v) is 4.98. The van der Waals surface area contributed by atoms with Crippen molar-refractivity contribution in [3.63, 3.8) is 0 Å². The van der Waals surface area contributed by atoms with Crippen LogP contribution in [0.5, 0.6) is 5.75 Å². The van der Waals surface area contributed by atoms with Crippen LogP contribution in [0.2, 0.25) is 0 Å². The molecule has 1 aromatic carbocycles. The Kier molecular flexibility index (Phi) is 7.11. The van der Waals surface area contributed by atoms with Crippen LogP contribution < -0.4 is 15.4 Å². The Labute approximate surface area is 137 Å². The normalized spacial score (nSPS) is 20.7.